The average Bonchev–Trinajstić information content (AvgIpc) is 3.24. The number of rotatable bonds is 6. The van der Waals surface area contributed by atoms with E-state index in [0.717, 1.165) is 36.4 Å². The van der Waals surface area contributed by atoms with E-state index < -0.39 is 34.8 Å². The molecular weight excluding hydrogens is 467 g/mol. The van der Waals surface area contributed by atoms with E-state index in [-0.39, 0.29) is 39.0 Å². The Morgan fingerprint density at radius 2 is 0.917 bits per heavy atom. The van der Waals surface area contributed by atoms with Crippen LogP contribution in [-0.2, 0) is 0 Å². The molecule has 0 atom stereocenters. The van der Waals surface area contributed by atoms with Crippen LogP contribution in [0.25, 0.3) is 5.52 Å². The van der Waals surface area contributed by atoms with Gasteiger partial charge in [-0.2, -0.15) is 0 Å². The summed E-state index contributed by atoms with van der Waals surface area (Å²) in [7, 11) is 0. The van der Waals surface area contributed by atoms with Crippen LogP contribution >= 0.6 is 0 Å². The number of fused-ring (bicyclic) bond motifs is 1. The van der Waals surface area contributed by atoms with Gasteiger partial charge in [-0.05, 0) is 84.9 Å². The Kier molecular flexibility index (Phi) is 5.82. The smallest absolute Gasteiger partial charge is 0.210 e. The molecule has 7 heteroatoms. The highest BCUT2D eigenvalue weighted by Crippen LogP contribution is 2.31. The van der Waals surface area contributed by atoms with Crippen molar-refractivity contribution in [1.82, 2.24) is 4.40 Å². The van der Waals surface area contributed by atoms with Gasteiger partial charge >= 0.3 is 0 Å². The van der Waals surface area contributed by atoms with Crippen LogP contribution in [0.15, 0.2) is 97.2 Å². The van der Waals surface area contributed by atoms with Crippen molar-refractivity contribution >= 4 is 22.9 Å². The number of aromatic nitrogens is 1. The lowest BCUT2D eigenvalue weighted by atomic mass is 9.92. The summed E-state index contributed by atoms with van der Waals surface area (Å²) in [6.07, 6.45) is 1.54. The maximum Gasteiger partial charge on any atom is 0.210 e. The van der Waals surface area contributed by atoms with Crippen molar-refractivity contribution in [2.45, 2.75) is 0 Å². The van der Waals surface area contributed by atoms with Gasteiger partial charge in [0.1, 0.15) is 23.1 Å². The predicted molar refractivity (Wildman–Crippen MR) is 127 cm³/mol. The Hall–Kier alpha value is -4.78. The molecule has 0 fully saturated rings. The third-order valence-electron chi connectivity index (χ3n) is 5.83. The summed E-state index contributed by atoms with van der Waals surface area (Å²) in [5, 5.41) is 0. The lowest BCUT2D eigenvalue weighted by molar-refractivity contribution is 0.0991. The Morgan fingerprint density at radius 1 is 0.500 bits per heavy atom. The number of benzene rings is 3. The Bertz CT molecular complexity index is 1540. The summed E-state index contributed by atoms with van der Waals surface area (Å²) in [5.74, 6) is -3.51. The molecule has 176 valence electrons. The van der Waals surface area contributed by atoms with Crippen molar-refractivity contribution in [2.24, 2.45) is 0 Å². The van der Waals surface area contributed by atoms with Crippen molar-refractivity contribution in [3.05, 3.63) is 148 Å². The van der Waals surface area contributed by atoms with E-state index in [4.69, 9.17) is 0 Å². The largest absolute Gasteiger partial charge is 0.312 e. The first kappa shape index (κ1) is 23.0. The number of pyridine rings is 1. The first-order chi connectivity index (χ1) is 17.3. The van der Waals surface area contributed by atoms with Crippen molar-refractivity contribution in [1.29, 1.82) is 0 Å². The van der Waals surface area contributed by atoms with Gasteiger partial charge in [-0.3, -0.25) is 14.4 Å². The topological polar surface area (TPSA) is 55.6 Å². The van der Waals surface area contributed by atoms with Gasteiger partial charge < -0.3 is 4.40 Å². The number of nitrogens with zero attached hydrogens (tertiary/aromatic N) is 1. The Morgan fingerprint density at radius 3 is 1.39 bits per heavy atom. The third kappa shape index (κ3) is 4.01. The standard InChI is InChI=1S/C29H16F3NO3/c30-20-10-4-17(5-11-20)27(34)24-23-3-1-2-16-33(23)26(29(36)19-8-14-22(32)15-9-19)25(24)28(35)18-6-12-21(31)13-7-18/h1-16H. The lowest BCUT2D eigenvalue weighted by Crippen LogP contribution is -2.15. The fourth-order valence-electron chi connectivity index (χ4n) is 4.11. The van der Waals surface area contributed by atoms with Crippen molar-refractivity contribution in [3.63, 3.8) is 0 Å². The van der Waals surface area contributed by atoms with Crippen molar-refractivity contribution in [2.75, 3.05) is 0 Å². The van der Waals surface area contributed by atoms with Gasteiger partial charge in [-0.25, -0.2) is 13.2 Å². The van der Waals surface area contributed by atoms with E-state index in [2.05, 4.69) is 0 Å². The van der Waals surface area contributed by atoms with Gasteiger partial charge in [0.15, 0.2) is 11.6 Å². The minimum Gasteiger partial charge on any atom is -0.312 e. The fraction of sp³-hybridized carbons (Fsp3) is 0. The molecule has 0 radical (unpaired) electrons. The quantitative estimate of drug-likeness (QED) is 0.276. The minimum atomic E-state index is -0.672. The van der Waals surface area contributed by atoms with Gasteiger partial charge in [0.05, 0.1) is 16.6 Å². The highest BCUT2D eigenvalue weighted by Gasteiger charge is 2.32. The number of hydrogen-bond donors (Lipinski definition) is 0. The number of hydrogen-bond acceptors (Lipinski definition) is 3. The zero-order valence-corrected chi connectivity index (χ0v) is 18.5. The monoisotopic (exact) mass is 483 g/mol. The highest BCUT2D eigenvalue weighted by molar-refractivity contribution is 6.28. The number of ketones is 3. The second-order valence-electron chi connectivity index (χ2n) is 8.06. The van der Waals surface area contributed by atoms with Crippen LogP contribution in [0.5, 0.6) is 0 Å². The summed E-state index contributed by atoms with van der Waals surface area (Å²) in [5.41, 5.74) is 0.224. The molecule has 0 amide bonds. The van der Waals surface area contributed by atoms with Crippen LogP contribution in [0, 0.1) is 17.5 Å². The number of carbonyl (C=O) groups excluding carboxylic acids is 3. The number of halogens is 3. The first-order valence-corrected chi connectivity index (χ1v) is 10.9. The molecule has 0 aliphatic rings. The lowest BCUT2D eigenvalue weighted by Gasteiger charge is -2.08. The molecule has 4 nitrogen and oxygen atoms in total. The van der Waals surface area contributed by atoms with E-state index in [1.54, 1.807) is 18.2 Å². The molecule has 0 N–H and O–H groups in total. The maximum atomic E-state index is 13.8. The van der Waals surface area contributed by atoms with Gasteiger partial charge in [0.2, 0.25) is 5.78 Å². The molecule has 0 spiro atoms. The predicted octanol–water partition coefficient (Wildman–Crippen LogP) is 6.05. The number of carbonyl (C=O) groups is 3. The van der Waals surface area contributed by atoms with E-state index >= 15 is 0 Å². The average molecular weight is 483 g/mol. The van der Waals surface area contributed by atoms with Crippen molar-refractivity contribution in [3.8, 4) is 0 Å². The molecule has 0 aliphatic carbocycles. The molecule has 5 rings (SSSR count). The minimum absolute atomic E-state index is 0.0537. The van der Waals surface area contributed by atoms with Gasteiger partial charge in [0.25, 0.3) is 0 Å². The molecule has 2 aromatic heterocycles. The van der Waals surface area contributed by atoms with Crippen LogP contribution in [0.2, 0.25) is 0 Å². The molecule has 0 bridgehead atoms. The normalized spacial score (nSPS) is 11.0. The molecule has 0 unspecified atom stereocenters. The van der Waals surface area contributed by atoms with Gasteiger partial charge in [0, 0.05) is 22.9 Å². The second kappa shape index (κ2) is 9.11. The molecular formula is C29H16F3NO3. The van der Waals surface area contributed by atoms with Gasteiger partial charge in [-0.15, -0.1) is 0 Å². The van der Waals surface area contributed by atoms with E-state index in [1.807, 2.05) is 0 Å². The molecule has 2 heterocycles. The third-order valence-corrected chi connectivity index (χ3v) is 5.83. The zero-order valence-electron chi connectivity index (χ0n) is 18.5. The summed E-state index contributed by atoms with van der Waals surface area (Å²) >= 11 is 0. The maximum absolute atomic E-state index is 13.8. The van der Waals surface area contributed by atoms with Crippen LogP contribution in [-0.4, -0.2) is 21.8 Å². The summed E-state index contributed by atoms with van der Waals surface area (Å²) < 4.78 is 42.0. The first-order valence-electron chi connectivity index (χ1n) is 10.9. The molecule has 36 heavy (non-hydrogen) atoms. The SMILES string of the molecule is O=C(c1ccc(F)cc1)c1c(C(=O)c2ccc(F)cc2)c2ccccn2c1C(=O)c1ccc(F)cc1. The van der Waals surface area contributed by atoms with Crippen LogP contribution < -0.4 is 0 Å². The molecule has 0 aliphatic heterocycles. The Labute approximate surface area is 203 Å². The van der Waals surface area contributed by atoms with E-state index in [0.29, 0.717) is 0 Å². The highest BCUT2D eigenvalue weighted by atomic mass is 19.1. The molecule has 3 aromatic carbocycles. The summed E-state index contributed by atoms with van der Waals surface area (Å²) in [6, 6.07) is 19.2. The summed E-state index contributed by atoms with van der Waals surface area (Å²) in [4.78, 5) is 41.2. The molecule has 0 saturated heterocycles. The molecule has 0 saturated carbocycles. The van der Waals surface area contributed by atoms with E-state index in [1.165, 1.54) is 47.0 Å². The second-order valence-corrected chi connectivity index (χ2v) is 8.06. The molecule has 5 aromatic rings. The summed E-state index contributed by atoms with van der Waals surface area (Å²) in [6.45, 7) is 0. The van der Waals surface area contributed by atoms with Crippen LogP contribution in [0.3, 0.4) is 0 Å². The van der Waals surface area contributed by atoms with Crippen LogP contribution in [0.1, 0.15) is 47.9 Å². The van der Waals surface area contributed by atoms with Crippen LogP contribution in [0.4, 0.5) is 13.2 Å². The van der Waals surface area contributed by atoms with E-state index in [9.17, 15) is 27.6 Å². The van der Waals surface area contributed by atoms with Gasteiger partial charge in [-0.1, -0.05) is 6.07 Å². The fourth-order valence-corrected chi connectivity index (χ4v) is 4.11. The zero-order chi connectivity index (χ0) is 25.4. The Balaban J connectivity index is 1.82. The van der Waals surface area contributed by atoms with Crippen molar-refractivity contribution < 1.29 is 27.6 Å².